The molecule has 22 heavy (non-hydrogen) atoms. The van der Waals surface area contributed by atoms with Crippen LogP contribution in [0.3, 0.4) is 0 Å². The Labute approximate surface area is 127 Å². The maximum atomic E-state index is 5.13. The fourth-order valence-electron chi connectivity index (χ4n) is 1.92. The summed E-state index contributed by atoms with van der Waals surface area (Å²) in [4.78, 5) is 8.61. The van der Waals surface area contributed by atoms with Gasteiger partial charge in [-0.1, -0.05) is 0 Å². The maximum absolute atomic E-state index is 5.13. The maximum Gasteiger partial charge on any atom is 0.153 e. The quantitative estimate of drug-likeness (QED) is 0.671. The molecular formula is C15H16N6O. The molecule has 2 aromatic heterocycles. The molecule has 0 saturated carbocycles. The highest BCUT2D eigenvalue weighted by atomic mass is 16.5. The van der Waals surface area contributed by atoms with Crippen molar-refractivity contribution in [2.24, 2.45) is 0 Å². The van der Waals surface area contributed by atoms with Crippen LogP contribution in [0.4, 0.5) is 23.1 Å². The van der Waals surface area contributed by atoms with Gasteiger partial charge in [-0.3, -0.25) is 10.1 Å². The van der Waals surface area contributed by atoms with Gasteiger partial charge >= 0.3 is 0 Å². The SMILES string of the molecule is COc1ccc(Nc2cncc(Nc3cc(C)[nH]n3)n2)cc1. The summed E-state index contributed by atoms with van der Waals surface area (Å²) in [5, 5.41) is 13.3. The number of aryl methyl sites for hydroxylation is 1. The molecule has 0 fully saturated rings. The molecule has 0 saturated heterocycles. The molecule has 0 aliphatic carbocycles. The van der Waals surface area contributed by atoms with Gasteiger partial charge in [-0.05, 0) is 31.2 Å². The largest absolute Gasteiger partial charge is 0.497 e. The monoisotopic (exact) mass is 296 g/mol. The Morgan fingerprint density at radius 1 is 1.00 bits per heavy atom. The molecule has 0 unspecified atom stereocenters. The van der Waals surface area contributed by atoms with Crippen molar-refractivity contribution >= 4 is 23.1 Å². The summed E-state index contributed by atoms with van der Waals surface area (Å²) in [6.45, 7) is 1.94. The van der Waals surface area contributed by atoms with E-state index in [9.17, 15) is 0 Å². The van der Waals surface area contributed by atoms with E-state index in [1.54, 1.807) is 19.5 Å². The van der Waals surface area contributed by atoms with E-state index >= 15 is 0 Å². The predicted molar refractivity (Wildman–Crippen MR) is 84.9 cm³/mol. The van der Waals surface area contributed by atoms with Crippen molar-refractivity contribution in [3.05, 3.63) is 48.4 Å². The van der Waals surface area contributed by atoms with Crippen molar-refractivity contribution in [1.29, 1.82) is 0 Å². The lowest BCUT2D eigenvalue weighted by molar-refractivity contribution is 0.415. The third-order valence-corrected chi connectivity index (χ3v) is 2.96. The first kappa shape index (κ1) is 13.9. The molecular weight excluding hydrogens is 280 g/mol. The highest BCUT2D eigenvalue weighted by Gasteiger charge is 2.03. The first-order valence-corrected chi connectivity index (χ1v) is 6.75. The van der Waals surface area contributed by atoms with E-state index in [0.29, 0.717) is 17.5 Å². The van der Waals surface area contributed by atoms with Crippen molar-refractivity contribution in [3.63, 3.8) is 0 Å². The number of methoxy groups -OCH3 is 1. The number of hydrogen-bond acceptors (Lipinski definition) is 6. The minimum Gasteiger partial charge on any atom is -0.497 e. The van der Waals surface area contributed by atoms with Crippen molar-refractivity contribution in [3.8, 4) is 5.75 Å². The van der Waals surface area contributed by atoms with Gasteiger partial charge in [0.15, 0.2) is 17.5 Å². The Kier molecular flexibility index (Phi) is 3.86. The second-order valence-corrected chi connectivity index (χ2v) is 4.70. The standard InChI is InChI=1S/C15H16N6O/c1-10-7-13(21-20-10)18-15-9-16-8-14(19-15)17-11-3-5-12(22-2)6-4-11/h3-9H,1-2H3,(H3,17,18,19,20,21). The van der Waals surface area contributed by atoms with E-state index in [4.69, 9.17) is 4.74 Å². The number of aromatic amines is 1. The average molecular weight is 296 g/mol. The average Bonchev–Trinajstić information content (AvgIpc) is 2.93. The molecule has 112 valence electrons. The highest BCUT2D eigenvalue weighted by molar-refractivity contribution is 5.59. The smallest absolute Gasteiger partial charge is 0.153 e. The molecule has 0 atom stereocenters. The van der Waals surface area contributed by atoms with Crippen LogP contribution in [0.2, 0.25) is 0 Å². The lowest BCUT2D eigenvalue weighted by atomic mass is 10.3. The third kappa shape index (κ3) is 3.32. The summed E-state index contributed by atoms with van der Waals surface area (Å²) in [7, 11) is 1.64. The number of anilines is 4. The van der Waals surface area contributed by atoms with Gasteiger partial charge in [-0.15, -0.1) is 0 Å². The topological polar surface area (TPSA) is 87.8 Å². The number of nitrogens with zero attached hydrogens (tertiary/aromatic N) is 3. The number of nitrogens with one attached hydrogen (secondary N) is 3. The Bertz CT molecular complexity index is 753. The molecule has 0 bridgehead atoms. The normalized spacial score (nSPS) is 10.3. The fraction of sp³-hybridized carbons (Fsp3) is 0.133. The first-order valence-electron chi connectivity index (χ1n) is 6.75. The van der Waals surface area contributed by atoms with Crippen molar-refractivity contribution < 1.29 is 4.74 Å². The molecule has 3 aromatic rings. The predicted octanol–water partition coefficient (Wildman–Crippen LogP) is 3.00. The number of benzene rings is 1. The lowest BCUT2D eigenvalue weighted by Gasteiger charge is -2.08. The number of aromatic nitrogens is 4. The van der Waals surface area contributed by atoms with Crippen LogP contribution in [0.5, 0.6) is 5.75 Å². The molecule has 3 rings (SSSR count). The molecule has 0 amide bonds. The van der Waals surface area contributed by atoms with Gasteiger partial charge < -0.3 is 15.4 Å². The number of hydrogen-bond donors (Lipinski definition) is 3. The summed E-state index contributed by atoms with van der Waals surface area (Å²) in [6.07, 6.45) is 3.30. The van der Waals surface area contributed by atoms with Crippen LogP contribution in [-0.2, 0) is 0 Å². The second kappa shape index (κ2) is 6.13. The molecule has 2 heterocycles. The zero-order valence-corrected chi connectivity index (χ0v) is 12.3. The van der Waals surface area contributed by atoms with Crippen LogP contribution < -0.4 is 15.4 Å². The third-order valence-electron chi connectivity index (χ3n) is 2.96. The molecule has 0 radical (unpaired) electrons. The van der Waals surface area contributed by atoms with Gasteiger partial charge in [0, 0.05) is 17.4 Å². The Balaban J connectivity index is 1.72. The molecule has 0 aliphatic rings. The summed E-state index contributed by atoms with van der Waals surface area (Å²) < 4.78 is 5.13. The van der Waals surface area contributed by atoms with Gasteiger partial charge in [0.2, 0.25) is 0 Å². The van der Waals surface area contributed by atoms with E-state index in [-0.39, 0.29) is 0 Å². The van der Waals surface area contributed by atoms with E-state index in [0.717, 1.165) is 17.1 Å². The van der Waals surface area contributed by atoms with Crippen molar-refractivity contribution in [1.82, 2.24) is 20.2 Å². The Morgan fingerprint density at radius 2 is 1.73 bits per heavy atom. The number of rotatable bonds is 5. The van der Waals surface area contributed by atoms with Gasteiger partial charge in [-0.25, -0.2) is 4.98 Å². The summed E-state index contributed by atoms with van der Waals surface area (Å²) in [6, 6.07) is 9.48. The Hall–Kier alpha value is -3.09. The zero-order valence-electron chi connectivity index (χ0n) is 12.3. The van der Waals surface area contributed by atoms with E-state index < -0.39 is 0 Å². The lowest BCUT2D eigenvalue weighted by Crippen LogP contribution is -1.99. The minimum atomic E-state index is 0.616. The van der Waals surface area contributed by atoms with E-state index in [2.05, 4.69) is 30.8 Å². The molecule has 3 N–H and O–H groups in total. The van der Waals surface area contributed by atoms with Crippen LogP contribution >= 0.6 is 0 Å². The van der Waals surface area contributed by atoms with Crippen LogP contribution in [-0.4, -0.2) is 27.3 Å². The van der Waals surface area contributed by atoms with Gasteiger partial charge in [0.25, 0.3) is 0 Å². The Morgan fingerprint density at radius 3 is 2.36 bits per heavy atom. The van der Waals surface area contributed by atoms with Crippen LogP contribution in [0.15, 0.2) is 42.7 Å². The van der Waals surface area contributed by atoms with Gasteiger partial charge in [0.1, 0.15) is 5.75 Å². The fourth-order valence-corrected chi connectivity index (χ4v) is 1.92. The number of H-pyrrole nitrogens is 1. The van der Waals surface area contributed by atoms with Gasteiger partial charge in [-0.2, -0.15) is 5.10 Å². The van der Waals surface area contributed by atoms with Crippen LogP contribution in [0, 0.1) is 6.92 Å². The van der Waals surface area contributed by atoms with Crippen molar-refractivity contribution in [2.45, 2.75) is 6.92 Å². The molecule has 0 aliphatic heterocycles. The summed E-state index contributed by atoms with van der Waals surface area (Å²) >= 11 is 0. The summed E-state index contributed by atoms with van der Waals surface area (Å²) in [5.74, 6) is 2.77. The molecule has 0 spiro atoms. The second-order valence-electron chi connectivity index (χ2n) is 4.70. The van der Waals surface area contributed by atoms with Gasteiger partial charge in [0.05, 0.1) is 19.5 Å². The minimum absolute atomic E-state index is 0.616. The first-order chi connectivity index (χ1) is 10.7. The van der Waals surface area contributed by atoms with E-state index in [1.165, 1.54) is 0 Å². The van der Waals surface area contributed by atoms with Crippen LogP contribution in [0.1, 0.15) is 5.69 Å². The highest BCUT2D eigenvalue weighted by Crippen LogP contribution is 2.20. The van der Waals surface area contributed by atoms with Crippen LogP contribution in [0.25, 0.3) is 0 Å². The number of ether oxygens (including phenoxy) is 1. The van der Waals surface area contributed by atoms with Crippen molar-refractivity contribution in [2.75, 3.05) is 17.7 Å². The summed E-state index contributed by atoms with van der Waals surface area (Å²) in [5.41, 5.74) is 1.88. The molecule has 1 aromatic carbocycles. The van der Waals surface area contributed by atoms with E-state index in [1.807, 2.05) is 37.3 Å². The zero-order chi connectivity index (χ0) is 15.4. The molecule has 7 heteroatoms. The molecule has 7 nitrogen and oxygen atoms in total.